The van der Waals surface area contributed by atoms with Crippen molar-refractivity contribution >= 4 is 44.0 Å². The number of hydrogen-bond donors (Lipinski definition) is 3. The topological polar surface area (TPSA) is 99.1 Å². The fraction of sp³-hybridized carbons (Fsp3) is 0. The summed E-state index contributed by atoms with van der Waals surface area (Å²) in [5.74, 6) is 0.349. The molecule has 0 aliphatic rings. The van der Waals surface area contributed by atoms with Crippen molar-refractivity contribution in [2.24, 2.45) is 5.10 Å². The molecule has 1 aromatic carbocycles. The second kappa shape index (κ2) is 5.23. The number of aromatic hydroxyl groups is 1. The predicted octanol–water partition coefficient (Wildman–Crippen LogP) is 1.88. The van der Waals surface area contributed by atoms with Gasteiger partial charge in [-0.25, -0.2) is 5.43 Å². The van der Waals surface area contributed by atoms with Gasteiger partial charge in [0.1, 0.15) is 5.75 Å². The number of phenolic OH excluding ortho intramolecular Hbond substituents is 1. The lowest BCUT2D eigenvalue weighted by Crippen LogP contribution is -1.93. The van der Waals surface area contributed by atoms with Crippen LogP contribution in [0.5, 0.6) is 5.75 Å². The van der Waals surface area contributed by atoms with Gasteiger partial charge in [-0.1, -0.05) is 21.0 Å². The van der Waals surface area contributed by atoms with E-state index < -0.39 is 0 Å². The summed E-state index contributed by atoms with van der Waals surface area (Å²) >= 11 is 6.54. The molecule has 2 aromatic rings. The van der Waals surface area contributed by atoms with Crippen LogP contribution in [0.15, 0.2) is 26.2 Å². The average molecular weight is 362 g/mol. The highest BCUT2D eigenvalue weighted by Gasteiger charge is 2.05. The average Bonchev–Trinajstić information content (AvgIpc) is 2.78. The predicted molar refractivity (Wildman–Crippen MR) is 68.9 cm³/mol. The zero-order valence-electron chi connectivity index (χ0n) is 8.22. The molecular formula is C8H6Br2N6O. The largest absolute Gasteiger partial charge is 0.506 e. The number of hydrazone groups is 1. The normalized spacial score (nSPS) is 10.9. The van der Waals surface area contributed by atoms with Gasteiger partial charge in [-0.05, 0) is 33.3 Å². The minimum absolute atomic E-state index is 0.104. The monoisotopic (exact) mass is 360 g/mol. The number of anilines is 1. The highest BCUT2D eigenvalue weighted by molar-refractivity contribution is 9.11. The highest BCUT2D eigenvalue weighted by Crippen LogP contribution is 2.30. The van der Waals surface area contributed by atoms with Gasteiger partial charge in [-0.2, -0.15) is 10.3 Å². The molecule has 0 radical (unpaired) electrons. The maximum atomic E-state index is 9.74. The van der Waals surface area contributed by atoms with Crippen molar-refractivity contribution in [2.75, 3.05) is 5.43 Å². The lowest BCUT2D eigenvalue weighted by molar-refractivity contribution is 0.471. The number of phenols is 1. The molecule has 0 saturated heterocycles. The van der Waals surface area contributed by atoms with E-state index >= 15 is 0 Å². The Hall–Kier alpha value is -1.48. The van der Waals surface area contributed by atoms with Crippen molar-refractivity contribution in [1.29, 1.82) is 0 Å². The number of aromatic nitrogens is 4. The van der Waals surface area contributed by atoms with Gasteiger partial charge in [0.15, 0.2) is 0 Å². The maximum Gasteiger partial charge on any atom is 0.283 e. The molecule has 0 aliphatic heterocycles. The van der Waals surface area contributed by atoms with Crippen molar-refractivity contribution in [1.82, 2.24) is 20.6 Å². The molecular weight excluding hydrogens is 356 g/mol. The lowest BCUT2D eigenvalue weighted by Gasteiger charge is -2.02. The van der Waals surface area contributed by atoms with E-state index in [2.05, 4.69) is 63.0 Å². The summed E-state index contributed by atoms with van der Waals surface area (Å²) in [7, 11) is 0. The van der Waals surface area contributed by atoms with Crippen molar-refractivity contribution < 1.29 is 5.11 Å². The summed E-state index contributed by atoms with van der Waals surface area (Å²) in [6.07, 6.45) is 1.45. The van der Waals surface area contributed by atoms with Gasteiger partial charge < -0.3 is 5.11 Å². The molecule has 7 nitrogen and oxygen atoms in total. The molecule has 0 spiro atoms. The lowest BCUT2D eigenvalue weighted by atomic mass is 10.2. The van der Waals surface area contributed by atoms with E-state index in [4.69, 9.17) is 0 Å². The number of nitrogens with zero attached hydrogens (tertiary/aromatic N) is 4. The maximum absolute atomic E-state index is 9.74. The van der Waals surface area contributed by atoms with Gasteiger partial charge in [-0.15, -0.1) is 5.10 Å². The molecule has 88 valence electrons. The molecule has 0 saturated carbocycles. The van der Waals surface area contributed by atoms with E-state index in [1.165, 1.54) is 6.21 Å². The number of hydrogen-bond acceptors (Lipinski definition) is 6. The van der Waals surface area contributed by atoms with Crippen LogP contribution in [-0.2, 0) is 0 Å². The SMILES string of the molecule is Oc1c(Br)cc(Br)cc1C=NNc1nn[nH]n1. The summed E-state index contributed by atoms with van der Waals surface area (Å²) in [6.45, 7) is 0. The first kappa shape index (κ1) is 12.0. The minimum atomic E-state index is 0.104. The summed E-state index contributed by atoms with van der Waals surface area (Å²) in [5.41, 5.74) is 3.09. The van der Waals surface area contributed by atoms with Crippen LogP contribution < -0.4 is 5.43 Å². The van der Waals surface area contributed by atoms with Gasteiger partial charge in [0.05, 0.1) is 10.7 Å². The molecule has 1 heterocycles. The molecule has 1 aromatic heterocycles. The Morgan fingerprint density at radius 3 is 2.94 bits per heavy atom. The molecule has 9 heteroatoms. The molecule has 3 N–H and O–H groups in total. The standard InChI is InChI=1S/C8H6Br2N6O/c9-5-1-4(7(17)6(10)2-5)3-11-12-8-13-15-16-14-8/h1-3,17H,(H2,12,13,14,15,16). The van der Waals surface area contributed by atoms with E-state index in [0.29, 0.717) is 10.0 Å². The zero-order chi connectivity index (χ0) is 12.3. The molecule has 0 atom stereocenters. The van der Waals surface area contributed by atoms with Gasteiger partial charge >= 0.3 is 0 Å². The molecule has 0 unspecified atom stereocenters. The second-order valence-electron chi connectivity index (χ2n) is 2.93. The zero-order valence-corrected chi connectivity index (χ0v) is 11.4. The third kappa shape index (κ3) is 3.01. The third-order valence-corrected chi connectivity index (χ3v) is 2.83. The summed E-state index contributed by atoms with van der Waals surface area (Å²) < 4.78 is 1.40. The van der Waals surface area contributed by atoms with Crippen LogP contribution in [0, 0.1) is 0 Å². The molecule has 0 fully saturated rings. The Morgan fingerprint density at radius 1 is 1.41 bits per heavy atom. The van der Waals surface area contributed by atoms with Crippen LogP contribution in [0.4, 0.5) is 5.95 Å². The van der Waals surface area contributed by atoms with Crippen molar-refractivity contribution in [3.8, 4) is 5.75 Å². The first-order valence-electron chi connectivity index (χ1n) is 4.37. The van der Waals surface area contributed by atoms with Gasteiger partial charge in [-0.3, -0.25) is 0 Å². The Balaban J connectivity index is 2.15. The van der Waals surface area contributed by atoms with Gasteiger partial charge in [0.25, 0.3) is 5.95 Å². The fourth-order valence-electron chi connectivity index (χ4n) is 1.05. The Bertz CT molecular complexity index is 541. The number of aromatic amines is 1. The number of rotatable bonds is 3. The molecule has 2 rings (SSSR count). The van der Waals surface area contributed by atoms with Crippen LogP contribution in [0.1, 0.15) is 5.56 Å². The van der Waals surface area contributed by atoms with Gasteiger partial charge in [0, 0.05) is 10.0 Å². The first-order valence-corrected chi connectivity index (χ1v) is 5.96. The van der Waals surface area contributed by atoms with Crippen molar-refractivity contribution in [3.63, 3.8) is 0 Å². The van der Waals surface area contributed by atoms with Crippen molar-refractivity contribution in [3.05, 3.63) is 26.6 Å². The van der Waals surface area contributed by atoms with Crippen LogP contribution >= 0.6 is 31.9 Å². The number of nitrogens with one attached hydrogen (secondary N) is 2. The van der Waals surface area contributed by atoms with E-state index in [9.17, 15) is 5.11 Å². The van der Waals surface area contributed by atoms with E-state index in [0.717, 1.165) is 4.47 Å². The molecule has 17 heavy (non-hydrogen) atoms. The van der Waals surface area contributed by atoms with Crippen LogP contribution in [0.3, 0.4) is 0 Å². The summed E-state index contributed by atoms with van der Waals surface area (Å²) in [5, 5.41) is 26.5. The van der Waals surface area contributed by atoms with Crippen LogP contribution in [0.25, 0.3) is 0 Å². The summed E-state index contributed by atoms with van der Waals surface area (Å²) in [6, 6.07) is 3.46. The molecule has 0 bridgehead atoms. The molecule has 0 amide bonds. The third-order valence-electron chi connectivity index (χ3n) is 1.77. The Morgan fingerprint density at radius 2 is 2.24 bits per heavy atom. The van der Waals surface area contributed by atoms with Crippen molar-refractivity contribution in [2.45, 2.75) is 0 Å². The fourth-order valence-corrected chi connectivity index (χ4v) is 2.31. The minimum Gasteiger partial charge on any atom is -0.506 e. The van der Waals surface area contributed by atoms with E-state index in [1.807, 2.05) is 0 Å². The smallest absolute Gasteiger partial charge is 0.283 e. The quantitative estimate of drug-likeness (QED) is 0.572. The Labute approximate surface area is 113 Å². The first-order chi connectivity index (χ1) is 8.16. The van der Waals surface area contributed by atoms with E-state index in [-0.39, 0.29) is 11.7 Å². The number of H-pyrrole nitrogens is 1. The summed E-state index contributed by atoms with van der Waals surface area (Å²) in [4.78, 5) is 0. The van der Waals surface area contributed by atoms with E-state index in [1.54, 1.807) is 12.1 Å². The van der Waals surface area contributed by atoms with Crippen LogP contribution in [-0.4, -0.2) is 31.9 Å². The highest BCUT2D eigenvalue weighted by atomic mass is 79.9. The molecule has 0 aliphatic carbocycles. The number of tetrazole rings is 1. The van der Waals surface area contributed by atoms with Crippen LogP contribution in [0.2, 0.25) is 0 Å². The number of halogens is 2. The van der Waals surface area contributed by atoms with Gasteiger partial charge in [0.2, 0.25) is 0 Å². The Kier molecular flexibility index (Phi) is 3.69. The second-order valence-corrected chi connectivity index (χ2v) is 4.70. The number of benzene rings is 1.